The van der Waals surface area contributed by atoms with Gasteiger partial charge in [-0.2, -0.15) is 0 Å². The van der Waals surface area contributed by atoms with Crippen LogP contribution in [0.25, 0.3) is 23.1 Å². The molecule has 1 saturated heterocycles. The lowest BCUT2D eigenvalue weighted by atomic mass is 10.1. The van der Waals surface area contributed by atoms with Crippen molar-refractivity contribution in [1.29, 1.82) is 0 Å². The van der Waals surface area contributed by atoms with Crippen LogP contribution < -0.4 is 10.2 Å². The van der Waals surface area contributed by atoms with E-state index >= 15 is 4.39 Å². The highest BCUT2D eigenvalue weighted by Crippen LogP contribution is 2.31. The number of benzene rings is 1. The van der Waals surface area contributed by atoms with Crippen LogP contribution in [0.5, 0.6) is 0 Å². The topological polar surface area (TPSA) is 119 Å². The fourth-order valence-corrected chi connectivity index (χ4v) is 3.63. The Labute approximate surface area is 192 Å². The molecule has 0 saturated carbocycles. The van der Waals surface area contributed by atoms with Gasteiger partial charge in [-0.1, -0.05) is 0 Å². The molecule has 10 nitrogen and oxygen atoms in total. The molecule has 172 valence electrons. The molecule has 0 spiro atoms. The molecular formula is C23H19FN6O4. The Morgan fingerprint density at radius 1 is 1.15 bits per heavy atom. The number of fused-ring (bicyclic) bond motifs is 1. The highest BCUT2D eigenvalue weighted by molar-refractivity contribution is 5.94. The molecule has 1 fully saturated rings. The van der Waals surface area contributed by atoms with Crippen LogP contribution in [-0.4, -0.2) is 46.2 Å². The van der Waals surface area contributed by atoms with Crippen LogP contribution in [0.1, 0.15) is 11.6 Å². The molecule has 4 aromatic rings. The zero-order chi connectivity index (χ0) is 23.5. The molecule has 1 aromatic carbocycles. The average Bonchev–Trinajstić information content (AvgIpc) is 3.33. The summed E-state index contributed by atoms with van der Waals surface area (Å²) >= 11 is 0. The van der Waals surface area contributed by atoms with E-state index in [9.17, 15) is 10.1 Å². The van der Waals surface area contributed by atoms with Gasteiger partial charge in [-0.25, -0.2) is 14.4 Å². The number of morpholine rings is 1. The molecule has 34 heavy (non-hydrogen) atoms. The van der Waals surface area contributed by atoms with Crippen LogP contribution in [0.3, 0.4) is 0 Å². The van der Waals surface area contributed by atoms with Crippen molar-refractivity contribution in [1.82, 2.24) is 15.0 Å². The summed E-state index contributed by atoms with van der Waals surface area (Å²) in [6.07, 6.45) is 6.37. The molecule has 0 bridgehead atoms. The van der Waals surface area contributed by atoms with Crippen LogP contribution in [0.15, 0.2) is 53.2 Å². The predicted molar refractivity (Wildman–Crippen MR) is 124 cm³/mol. The first-order valence-corrected chi connectivity index (χ1v) is 10.5. The maximum absolute atomic E-state index is 15.1. The van der Waals surface area contributed by atoms with Crippen molar-refractivity contribution in [2.45, 2.75) is 0 Å². The molecule has 1 aliphatic heterocycles. The molecule has 0 radical (unpaired) electrons. The van der Waals surface area contributed by atoms with Crippen molar-refractivity contribution in [2.24, 2.45) is 0 Å². The fourth-order valence-electron chi connectivity index (χ4n) is 3.63. The minimum atomic E-state index is -0.616. The van der Waals surface area contributed by atoms with Crippen molar-refractivity contribution in [2.75, 3.05) is 36.5 Å². The number of aromatic nitrogens is 3. The zero-order valence-corrected chi connectivity index (χ0v) is 17.8. The zero-order valence-electron chi connectivity index (χ0n) is 17.8. The smallest absolute Gasteiger partial charge is 0.401 e. The van der Waals surface area contributed by atoms with Gasteiger partial charge in [0.2, 0.25) is 0 Å². The molecule has 4 heterocycles. The number of nitro groups is 1. The SMILES string of the molecule is O=[N+]([O-])c1ccc(C=Cc2nc(Nc3cccnc3)c3cc(N4CCOCC4)c(F)cc3n2)o1. The van der Waals surface area contributed by atoms with Crippen LogP contribution in [0.2, 0.25) is 0 Å². The number of furan rings is 1. The van der Waals surface area contributed by atoms with Crippen molar-refractivity contribution < 1.29 is 18.5 Å². The van der Waals surface area contributed by atoms with Crippen molar-refractivity contribution in [3.63, 3.8) is 0 Å². The quantitative estimate of drug-likeness (QED) is 0.328. The van der Waals surface area contributed by atoms with E-state index in [1.807, 2.05) is 11.0 Å². The molecule has 5 rings (SSSR count). The van der Waals surface area contributed by atoms with Gasteiger partial charge in [0, 0.05) is 30.7 Å². The summed E-state index contributed by atoms with van der Waals surface area (Å²) in [7, 11) is 0. The number of hydrogen-bond acceptors (Lipinski definition) is 9. The normalized spacial score (nSPS) is 14.1. The van der Waals surface area contributed by atoms with E-state index in [-0.39, 0.29) is 17.5 Å². The van der Waals surface area contributed by atoms with Gasteiger partial charge in [0.1, 0.15) is 22.3 Å². The first-order chi connectivity index (χ1) is 16.6. The lowest BCUT2D eigenvalue weighted by Crippen LogP contribution is -2.36. The van der Waals surface area contributed by atoms with Gasteiger partial charge in [0.25, 0.3) is 0 Å². The molecule has 1 N–H and O–H groups in total. The van der Waals surface area contributed by atoms with E-state index < -0.39 is 10.7 Å². The molecular weight excluding hydrogens is 443 g/mol. The summed E-state index contributed by atoms with van der Waals surface area (Å²) in [5, 5.41) is 14.7. The Morgan fingerprint density at radius 3 is 2.74 bits per heavy atom. The van der Waals surface area contributed by atoms with Gasteiger partial charge in [-0.15, -0.1) is 0 Å². The largest absolute Gasteiger partial charge is 0.433 e. The third-order valence-electron chi connectivity index (χ3n) is 5.25. The standard InChI is InChI=1S/C23H19FN6O4/c24-18-13-19-17(12-20(18)29-8-10-33-11-9-29)23(26-15-2-1-7-25-14-15)28-21(27-19)5-3-16-4-6-22(34-16)30(31)32/h1-7,12-14H,8-11H2,(H,26,27,28). The number of rotatable bonds is 6. The van der Waals surface area contributed by atoms with E-state index in [0.717, 1.165) is 0 Å². The van der Waals surface area contributed by atoms with Gasteiger partial charge >= 0.3 is 5.88 Å². The van der Waals surface area contributed by atoms with Crippen molar-refractivity contribution in [3.8, 4) is 0 Å². The van der Waals surface area contributed by atoms with Crippen molar-refractivity contribution in [3.05, 3.63) is 76.3 Å². The lowest BCUT2D eigenvalue weighted by Gasteiger charge is -2.29. The number of pyridine rings is 1. The lowest BCUT2D eigenvalue weighted by molar-refractivity contribution is -0.402. The Bertz CT molecular complexity index is 1370. The minimum absolute atomic E-state index is 0.269. The summed E-state index contributed by atoms with van der Waals surface area (Å²) in [5.74, 6) is 0.257. The van der Waals surface area contributed by atoms with Gasteiger partial charge in [0.05, 0.1) is 42.4 Å². The number of nitrogens with one attached hydrogen (secondary N) is 1. The highest BCUT2D eigenvalue weighted by atomic mass is 19.1. The number of nitrogens with zero attached hydrogens (tertiary/aromatic N) is 5. The van der Waals surface area contributed by atoms with Gasteiger partial charge in [0.15, 0.2) is 5.82 Å². The summed E-state index contributed by atoms with van der Waals surface area (Å²) in [5.41, 5.74) is 1.57. The molecule has 0 unspecified atom stereocenters. The third-order valence-corrected chi connectivity index (χ3v) is 5.25. The second kappa shape index (κ2) is 9.24. The van der Waals surface area contributed by atoms with E-state index in [2.05, 4.69) is 20.3 Å². The average molecular weight is 462 g/mol. The molecule has 11 heteroatoms. The molecule has 0 amide bonds. The van der Waals surface area contributed by atoms with E-state index in [1.165, 1.54) is 24.3 Å². The Kier molecular flexibility index (Phi) is 5.83. The van der Waals surface area contributed by atoms with Crippen LogP contribution in [-0.2, 0) is 4.74 Å². The summed E-state index contributed by atoms with van der Waals surface area (Å²) in [6.45, 7) is 2.24. The van der Waals surface area contributed by atoms with Crippen LogP contribution in [0.4, 0.5) is 27.5 Å². The molecule has 0 atom stereocenters. The van der Waals surface area contributed by atoms with E-state index in [4.69, 9.17) is 9.15 Å². The van der Waals surface area contributed by atoms with Gasteiger partial charge < -0.3 is 19.4 Å². The van der Waals surface area contributed by atoms with E-state index in [0.29, 0.717) is 54.4 Å². The predicted octanol–water partition coefficient (Wildman–Crippen LogP) is 4.42. The highest BCUT2D eigenvalue weighted by Gasteiger charge is 2.19. The summed E-state index contributed by atoms with van der Waals surface area (Å²) < 4.78 is 25.6. The first-order valence-electron chi connectivity index (χ1n) is 10.5. The summed E-state index contributed by atoms with van der Waals surface area (Å²) in [6, 6.07) is 9.47. The van der Waals surface area contributed by atoms with Crippen LogP contribution in [0, 0.1) is 15.9 Å². The molecule has 1 aliphatic rings. The number of halogens is 1. The molecule has 0 aliphatic carbocycles. The Balaban J connectivity index is 1.56. The maximum atomic E-state index is 15.1. The van der Waals surface area contributed by atoms with Gasteiger partial charge in [-0.3, -0.25) is 15.1 Å². The van der Waals surface area contributed by atoms with Crippen molar-refractivity contribution >= 4 is 46.1 Å². The fraction of sp³-hybridized carbons (Fsp3) is 0.174. The first kappa shape index (κ1) is 21.5. The maximum Gasteiger partial charge on any atom is 0.433 e. The number of anilines is 3. The van der Waals surface area contributed by atoms with Gasteiger partial charge in [-0.05, 0) is 36.4 Å². The Morgan fingerprint density at radius 2 is 2.00 bits per heavy atom. The van der Waals surface area contributed by atoms with Crippen LogP contribution >= 0.6 is 0 Å². The number of ether oxygens (including phenoxy) is 1. The Hall–Kier alpha value is -4.38. The third kappa shape index (κ3) is 4.55. The second-order valence-electron chi connectivity index (χ2n) is 7.48. The second-order valence-corrected chi connectivity index (χ2v) is 7.48. The monoisotopic (exact) mass is 462 g/mol. The minimum Gasteiger partial charge on any atom is -0.401 e. The molecule has 3 aromatic heterocycles. The summed E-state index contributed by atoms with van der Waals surface area (Å²) in [4.78, 5) is 25.3. The van der Waals surface area contributed by atoms with E-state index in [1.54, 1.807) is 30.6 Å². The number of hydrogen-bond donors (Lipinski definition) is 1.